The Morgan fingerprint density at radius 1 is 0.889 bits per heavy atom. The maximum atomic E-state index is 15.9. The number of halogens is 4. The van der Waals surface area contributed by atoms with Gasteiger partial charge in [-0.1, -0.05) is 0 Å². The first-order valence-corrected chi connectivity index (χ1v) is 17.7. The van der Waals surface area contributed by atoms with Crippen LogP contribution >= 0.6 is 0 Å². The standard InChI is InChI=1S/C10H7F4.3C4H9.Sn/c1-7-3-2-4-8(5-7)9(6-11)10(12,13)14;3*1-3-4-2;/h2-5H,1H3;3*1,3-4H2,2H3;. The second-order valence-corrected chi connectivity index (χ2v) is 20.5. The fourth-order valence-corrected chi connectivity index (χ4v) is 18.9. The van der Waals surface area contributed by atoms with Gasteiger partial charge in [0.05, 0.1) is 0 Å². The molecule has 0 N–H and O–H groups in total. The molecule has 0 atom stereocenters. The third kappa shape index (κ3) is 7.10. The van der Waals surface area contributed by atoms with Crippen LogP contribution in [0.3, 0.4) is 0 Å². The Labute approximate surface area is 166 Å². The third-order valence-corrected chi connectivity index (χ3v) is 19.9. The summed E-state index contributed by atoms with van der Waals surface area (Å²) in [5.41, 5.74) is -0.269. The third-order valence-electron chi connectivity index (χ3n) is 5.30. The maximum absolute atomic E-state index is 15.9. The summed E-state index contributed by atoms with van der Waals surface area (Å²) in [6, 6.07) is 6.21. The second-order valence-electron chi connectivity index (χ2n) is 7.65. The molecule has 0 bridgehead atoms. The average molecular weight is 493 g/mol. The van der Waals surface area contributed by atoms with Crippen LogP contribution < -0.4 is 0 Å². The molecule has 154 valence electrons. The van der Waals surface area contributed by atoms with Crippen molar-refractivity contribution < 1.29 is 17.6 Å². The quantitative estimate of drug-likeness (QED) is 0.214. The Morgan fingerprint density at radius 3 is 1.74 bits per heavy atom. The van der Waals surface area contributed by atoms with Crippen molar-refractivity contribution in [1.29, 1.82) is 0 Å². The summed E-state index contributed by atoms with van der Waals surface area (Å²) in [6.45, 7) is 7.84. The van der Waals surface area contributed by atoms with Crippen LogP contribution in [0.5, 0.6) is 0 Å². The van der Waals surface area contributed by atoms with E-state index in [1.54, 1.807) is 19.1 Å². The van der Waals surface area contributed by atoms with Gasteiger partial charge < -0.3 is 0 Å². The Bertz CT molecular complexity index is 583. The number of allylic oxidation sites excluding steroid dienone is 1. The summed E-state index contributed by atoms with van der Waals surface area (Å²) in [5.74, 6) is 0. The summed E-state index contributed by atoms with van der Waals surface area (Å²) in [5, 5.41) is 0. The molecule has 5 heteroatoms. The van der Waals surface area contributed by atoms with Crippen LogP contribution in [0.1, 0.15) is 70.4 Å². The average Bonchev–Trinajstić information content (AvgIpc) is 2.60. The molecule has 0 saturated heterocycles. The normalized spacial score (nSPS) is 13.6. The van der Waals surface area contributed by atoms with Crippen molar-refractivity contribution in [3.63, 3.8) is 0 Å². The minimum atomic E-state index is -4.66. The minimum absolute atomic E-state index is 0.00873. The summed E-state index contributed by atoms with van der Waals surface area (Å²) < 4.78 is 59.3. The van der Waals surface area contributed by atoms with Gasteiger partial charge in [0.15, 0.2) is 0 Å². The zero-order valence-corrected chi connectivity index (χ0v) is 20.0. The molecule has 0 spiro atoms. The molecule has 0 fully saturated rings. The van der Waals surface area contributed by atoms with Crippen molar-refractivity contribution in [3.8, 4) is 0 Å². The van der Waals surface area contributed by atoms with Gasteiger partial charge in [-0.25, -0.2) is 0 Å². The molecule has 0 unspecified atom stereocenters. The first-order valence-electron chi connectivity index (χ1n) is 10.3. The van der Waals surface area contributed by atoms with E-state index in [-0.39, 0.29) is 5.56 Å². The van der Waals surface area contributed by atoms with Gasteiger partial charge in [-0.2, -0.15) is 0 Å². The predicted molar refractivity (Wildman–Crippen MR) is 110 cm³/mol. The van der Waals surface area contributed by atoms with Crippen molar-refractivity contribution in [2.24, 2.45) is 0 Å². The van der Waals surface area contributed by atoms with Crippen molar-refractivity contribution in [2.75, 3.05) is 0 Å². The van der Waals surface area contributed by atoms with E-state index < -0.39 is 34.0 Å². The van der Waals surface area contributed by atoms with E-state index in [1.165, 1.54) is 12.1 Å². The van der Waals surface area contributed by atoms with Gasteiger partial charge in [0, 0.05) is 0 Å². The molecule has 0 saturated carbocycles. The molecule has 1 rings (SSSR count). The molecule has 0 aromatic heterocycles. The Kier molecular flexibility index (Phi) is 10.4. The second kappa shape index (κ2) is 11.5. The zero-order valence-electron chi connectivity index (χ0n) is 17.2. The van der Waals surface area contributed by atoms with E-state index in [9.17, 15) is 13.2 Å². The van der Waals surface area contributed by atoms with Gasteiger partial charge in [0.1, 0.15) is 0 Å². The number of benzene rings is 1. The van der Waals surface area contributed by atoms with Crippen LogP contribution in [-0.4, -0.2) is 24.6 Å². The number of rotatable bonds is 11. The molecule has 0 amide bonds. The number of unbranched alkanes of at least 4 members (excludes halogenated alkanes) is 3. The predicted octanol–water partition coefficient (Wildman–Crippen LogP) is 8.63. The fourth-order valence-electron chi connectivity index (χ4n) is 3.73. The Hall–Kier alpha value is -0.521. The van der Waals surface area contributed by atoms with Gasteiger partial charge in [0.25, 0.3) is 0 Å². The van der Waals surface area contributed by atoms with E-state index in [1.807, 2.05) is 20.8 Å². The molecule has 1 aromatic carbocycles. The fraction of sp³-hybridized carbons (Fsp3) is 0.636. The first kappa shape index (κ1) is 24.5. The van der Waals surface area contributed by atoms with E-state index in [0.717, 1.165) is 44.1 Å². The van der Waals surface area contributed by atoms with Crippen molar-refractivity contribution in [3.05, 3.63) is 39.2 Å². The van der Waals surface area contributed by atoms with Crippen LogP contribution in [-0.2, 0) is 0 Å². The van der Waals surface area contributed by atoms with Crippen LogP contribution in [0.2, 0.25) is 13.3 Å². The number of hydrogen-bond donors (Lipinski definition) is 0. The molecule has 0 aliphatic carbocycles. The van der Waals surface area contributed by atoms with Crippen LogP contribution in [0.25, 0.3) is 5.57 Å². The van der Waals surface area contributed by atoms with E-state index in [0.29, 0.717) is 13.3 Å². The van der Waals surface area contributed by atoms with Crippen molar-refractivity contribution in [1.82, 2.24) is 0 Å². The SMILES string of the molecule is CCC[CH2][Sn]([CH2]CCC)([CH2]CCC)/[C](F)=C(/c1cccc(C)c1)C(F)(F)F. The summed E-state index contributed by atoms with van der Waals surface area (Å²) >= 11 is -3.78. The molecule has 0 nitrogen and oxygen atoms in total. The molecule has 27 heavy (non-hydrogen) atoms. The summed E-state index contributed by atoms with van der Waals surface area (Å²) in [4.78, 5) is 0. The summed E-state index contributed by atoms with van der Waals surface area (Å²) in [6.07, 6.45) is 0.522. The monoisotopic (exact) mass is 494 g/mol. The Balaban J connectivity index is 3.62. The van der Waals surface area contributed by atoms with E-state index in [2.05, 4.69) is 0 Å². The van der Waals surface area contributed by atoms with Crippen molar-refractivity contribution in [2.45, 2.75) is 85.7 Å². The van der Waals surface area contributed by atoms with Crippen molar-refractivity contribution >= 4 is 24.0 Å². The molecular formula is C22H34F4Sn. The molecule has 0 aliphatic heterocycles. The van der Waals surface area contributed by atoms with E-state index in [4.69, 9.17) is 0 Å². The van der Waals surface area contributed by atoms with Gasteiger partial charge in [0.2, 0.25) is 0 Å². The number of aryl methyl sites for hydroxylation is 1. The molecule has 0 radical (unpaired) electrons. The van der Waals surface area contributed by atoms with Gasteiger partial charge >= 0.3 is 166 Å². The topological polar surface area (TPSA) is 0 Å². The van der Waals surface area contributed by atoms with Crippen LogP contribution in [0.15, 0.2) is 28.1 Å². The van der Waals surface area contributed by atoms with Gasteiger partial charge in [-0.3, -0.25) is 0 Å². The molecule has 1 aromatic rings. The van der Waals surface area contributed by atoms with Gasteiger partial charge in [-0.15, -0.1) is 0 Å². The molecule has 0 aliphatic rings. The number of alkyl halides is 3. The van der Waals surface area contributed by atoms with Crippen LogP contribution in [0.4, 0.5) is 17.6 Å². The van der Waals surface area contributed by atoms with Crippen LogP contribution in [0, 0.1) is 6.92 Å². The molecular weight excluding hydrogens is 459 g/mol. The summed E-state index contributed by atoms with van der Waals surface area (Å²) in [7, 11) is 0. The van der Waals surface area contributed by atoms with E-state index >= 15 is 4.39 Å². The zero-order chi connectivity index (χ0) is 20.5. The number of hydrogen-bond acceptors (Lipinski definition) is 0. The Morgan fingerprint density at radius 2 is 1.37 bits per heavy atom. The van der Waals surface area contributed by atoms with Gasteiger partial charge in [-0.05, 0) is 0 Å². The molecule has 0 heterocycles. The first-order chi connectivity index (χ1) is 12.7.